The van der Waals surface area contributed by atoms with Crippen molar-refractivity contribution in [1.82, 2.24) is 0 Å². The maximum Gasteiger partial charge on any atom is 0.266 e. The summed E-state index contributed by atoms with van der Waals surface area (Å²) >= 11 is 0. The number of anilines is 1. The van der Waals surface area contributed by atoms with Crippen LogP contribution in [0.3, 0.4) is 0 Å². The van der Waals surface area contributed by atoms with Gasteiger partial charge >= 0.3 is 0 Å². The molecule has 1 amide bonds. The lowest BCUT2D eigenvalue weighted by molar-refractivity contribution is -0.112. The van der Waals surface area contributed by atoms with E-state index < -0.39 is 5.91 Å². The molecule has 0 bridgehead atoms. The fourth-order valence-electron chi connectivity index (χ4n) is 2.74. The smallest absolute Gasteiger partial charge is 0.266 e. The molecule has 0 fully saturated rings. The zero-order valence-electron chi connectivity index (χ0n) is 16.2. The van der Waals surface area contributed by atoms with Crippen LogP contribution >= 0.6 is 0 Å². The van der Waals surface area contributed by atoms with E-state index in [2.05, 4.69) is 19.2 Å². The number of benzene rings is 2. The second-order valence-electron chi connectivity index (χ2n) is 6.97. The van der Waals surface area contributed by atoms with E-state index in [-0.39, 0.29) is 5.57 Å². The monoisotopic (exact) mass is 370 g/mol. The molecule has 2 aromatic carbocycles. The first-order chi connectivity index (χ1) is 13.5. The van der Waals surface area contributed by atoms with Gasteiger partial charge in [0.25, 0.3) is 5.91 Å². The van der Waals surface area contributed by atoms with Crippen LogP contribution in [-0.4, -0.2) is 5.91 Å². The zero-order valence-corrected chi connectivity index (χ0v) is 16.2. The second-order valence-corrected chi connectivity index (χ2v) is 6.97. The summed E-state index contributed by atoms with van der Waals surface area (Å²) in [7, 11) is 0. The van der Waals surface area contributed by atoms with Crippen LogP contribution in [0.25, 0.3) is 17.4 Å². The molecule has 1 heterocycles. The van der Waals surface area contributed by atoms with Crippen LogP contribution in [0.1, 0.15) is 36.7 Å². The van der Waals surface area contributed by atoms with Crippen molar-refractivity contribution in [3.8, 4) is 17.4 Å². The van der Waals surface area contributed by atoms with Crippen molar-refractivity contribution in [3.05, 3.63) is 83.1 Å². The molecule has 1 N–H and O–H groups in total. The number of hydrogen-bond donors (Lipinski definition) is 1. The van der Waals surface area contributed by atoms with Gasteiger partial charge in [-0.3, -0.25) is 4.79 Å². The van der Waals surface area contributed by atoms with Crippen molar-refractivity contribution in [2.75, 3.05) is 5.32 Å². The van der Waals surface area contributed by atoms with E-state index in [0.29, 0.717) is 23.1 Å². The first kappa shape index (κ1) is 19.2. The number of nitriles is 1. The third kappa shape index (κ3) is 4.57. The number of furan rings is 1. The molecule has 0 spiro atoms. The van der Waals surface area contributed by atoms with E-state index in [1.807, 2.05) is 67.6 Å². The molecule has 0 aliphatic rings. The van der Waals surface area contributed by atoms with Gasteiger partial charge in [0, 0.05) is 17.3 Å². The first-order valence-electron chi connectivity index (χ1n) is 9.16. The number of amides is 1. The zero-order chi connectivity index (χ0) is 20.1. The molecule has 4 nitrogen and oxygen atoms in total. The van der Waals surface area contributed by atoms with E-state index >= 15 is 0 Å². The van der Waals surface area contributed by atoms with Gasteiger partial charge in [0.05, 0.1) is 0 Å². The predicted molar refractivity (Wildman–Crippen MR) is 112 cm³/mol. The Balaban J connectivity index is 1.75. The Labute approximate surface area is 165 Å². The number of nitrogens with zero attached hydrogens (tertiary/aromatic N) is 1. The standard InChI is InChI=1S/C24H22N2O2/c1-16(2)18-8-10-21(11-9-18)26-24(27)20(15-25)14-22-12-13-23(28-22)19-6-4-17(3)5-7-19/h4-14,16H,1-3H3,(H,26,27)/b20-14+. The molecule has 3 aromatic rings. The minimum Gasteiger partial charge on any atom is -0.457 e. The molecule has 0 saturated heterocycles. The van der Waals surface area contributed by atoms with Crippen LogP contribution in [0.15, 0.2) is 70.7 Å². The normalized spacial score (nSPS) is 11.3. The van der Waals surface area contributed by atoms with Crippen LogP contribution in [0.4, 0.5) is 5.69 Å². The van der Waals surface area contributed by atoms with Gasteiger partial charge in [0.15, 0.2) is 0 Å². The molecule has 0 aliphatic heterocycles. The van der Waals surface area contributed by atoms with Gasteiger partial charge in [0.1, 0.15) is 23.2 Å². The van der Waals surface area contributed by atoms with Crippen LogP contribution < -0.4 is 5.32 Å². The van der Waals surface area contributed by atoms with E-state index in [4.69, 9.17) is 4.42 Å². The summed E-state index contributed by atoms with van der Waals surface area (Å²) in [5.74, 6) is 1.10. The maximum atomic E-state index is 12.4. The van der Waals surface area contributed by atoms with E-state index in [1.165, 1.54) is 17.2 Å². The molecule has 0 atom stereocenters. The van der Waals surface area contributed by atoms with E-state index in [1.54, 1.807) is 6.07 Å². The Bertz CT molecular complexity index is 1030. The number of carbonyl (C=O) groups is 1. The molecule has 0 radical (unpaired) electrons. The molecule has 4 heteroatoms. The summed E-state index contributed by atoms with van der Waals surface area (Å²) < 4.78 is 5.78. The number of carbonyl (C=O) groups excluding carboxylic acids is 1. The van der Waals surface area contributed by atoms with Gasteiger partial charge < -0.3 is 9.73 Å². The minimum absolute atomic E-state index is 0.0160. The summed E-state index contributed by atoms with van der Waals surface area (Å²) in [6, 6.07) is 21.1. The van der Waals surface area contributed by atoms with E-state index in [0.717, 1.165) is 5.56 Å². The highest BCUT2D eigenvalue weighted by Gasteiger charge is 2.12. The summed E-state index contributed by atoms with van der Waals surface area (Å²) in [4.78, 5) is 12.4. The topological polar surface area (TPSA) is 66.0 Å². The van der Waals surface area contributed by atoms with Crippen LogP contribution in [0.2, 0.25) is 0 Å². The molecule has 0 unspecified atom stereocenters. The fraction of sp³-hybridized carbons (Fsp3) is 0.167. The lowest BCUT2D eigenvalue weighted by Crippen LogP contribution is -2.13. The van der Waals surface area contributed by atoms with Crippen molar-refractivity contribution in [1.29, 1.82) is 5.26 Å². The van der Waals surface area contributed by atoms with Crippen molar-refractivity contribution < 1.29 is 9.21 Å². The number of nitrogens with one attached hydrogen (secondary N) is 1. The average Bonchev–Trinajstić information content (AvgIpc) is 3.15. The second kappa shape index (κ2) is 8.41. The molecule has 0 saturated carbocycles. The molecular formula is C24H22N2O2. The summed E-state index contributed by atoms with van der Waals surface area (Å²) in [6.07, 6.45) is 1.45. The maximum absolute atomic E-state index is 12.4. The Morgan fingerprint density at radius 3 is 2.32 bits per heavy atom. The summed E-state index contributed by atoms with van der Waals surface area (Å²) in [5.41, 5.74) is 3.93. The predicted octanol–water partition coefficient (Wildman–Crippen LogP) is 5.92. The Hall–Kier alpha value is -3.58. The van der Waals surface area contributed by atoms with Gasteiger partial charge in [0.2, 0.25) is 0 Å². The first-order valence-corrected chi connectivity index (χ1v) is 9.16. The summed E-state index contributed by atoms with van der Waals surface area (Å²) in [6.45, 7) is 6.24. The Morgan fingerprint density at radius 1 is 1.04 bits per heavy atom. The van der Waals surface area contributed by atoms with Crippen LogP contribution in [0, 0.1) is 18.3 Å². The van der Waals surface area contributed by atoms with Gasteiger partial charge in [-0.2, -0.15) is 5.26 Å². The molecule has 1 aromatic heterocycles. The van der Waals surface area contributed by atoms with Crippen molar-refractivity contribution in [2.45, 2.75) is 26.7 Å². The Morgan fingerprint density at radius 2 is 1.71 bits per heavy atom. The molecule has 3 rings (SSSR count). The van der Waals surface area contributed by atoms with Crippen molar-refractivity contribution in [3.63, 3.8) is 0 Å². The van der Waals surface area contributed by atoms with Crippen LogP contribution in [-0.2, 0) is 4.79 Å². The van der Waals surface area contributed by atoms with Gasteiger partial charge in [-0.1, -0.05) is 55.8 Å². The number of rotatable bonds is 5. The fourth-order valence-corrected chi connectivity index (χ4v) is 2.74. The quantitative estimate of drug-likeness (QED) is 0.447. The van der Waals surface area contributed by atoms with Gasteiger partial charge in [-0.25, -0.2) is 0 Å². The number of aryl methyl sites for hydroxylation is 1. The average molecular weight is 370 g/mol. The third-order valence-corrected chi connectivity index (χ3v) is 4.45. The van der Waals surface area contributed by atoms with Gasteiger partial charge in [-0.05, 0) is 42.7 Å². The highest BCUT2D eigenvalue weighted by atomic mass is 16.3. The van der Waals surface area contributed by atoms with Crippen molar-refractivity contribution in [2.24, 2.45) is 0 Å². The molecule has 140 valence electrons. The van der Waals surface area contributed by atoms with Gasteiger partial charge in [-0.15, -0.1) is 0 Å². The largest absolute Gasteiger partial charge is 0.457 e. The van der Waals surface area contributed by atoms with Crippen LogP contribution in [0.5, 0.6) is 0 Å². The highest BCUT2D eigenvalue weighted by molar-refractivity contribution is 6.09. The molecule has 0 aliphatic carbocycles. The number of hydrogen-bond acceptors (Lipinski definition) is 3. The molecular weight excluding hydrogens is 348 g/mol. The lowest BCUT2D eigenvalue weighted by atomic mass is 10.0. The SMILES string of the molecule is Cc1ccc(-c2ccc(/C=C(\C#N)C(=O)Nc3ccc(C(C)C)cc3)o2)cc1. The Kier molecular flexibility index (Phi) is 5.76. The minimum atomic E-state index is -0.465. The van der Waals surface area contributed by atoms with E-state index in [9.17, 15) is 10.1 Å². The molecule has 28 heavy (non-hydrogen) atoms. The van der Waals surface area contributed by atoms with Crippen molar-refractivity contribution >= 4 is 17.7 Å². The lowest BCUT2D eigenvalue weighted by Gasteiger charge is -2.08. The summed E-state index contributed by atoms with van der Waals surface area (Å²) in [5, 5.41) is 12.1. The highest BCUT2D eigenvalue weighted by Crippen LogP contribution is 2.24. The third-order valence-electron chi connectivity index (χ3n) is 4.45.